The summed E-state index contributed by atoms with van der Waals surface area (Å²) in [7, 11) is -8.11. The van der Waals surface area contributed by atoms with E-state index in [2.05, 4.69) is 0 Å². The van der Waals surface area contributed by atoms with Gasteiger partial charge in [0, 0.05) is 0 Å². The van der Waals surface area contributed by atoms with Crippen molar-refractivity contribution in [3.05, 3.63) is 0 Å². The topological polar surface area (TPSA) is 63.6 Å². The molecular weight excluding hydrogens is 565 g/mol. The Morgan fingerprint density at radius 3 is 1.03 bits per heavy atom. The summed E-state index contributed by atoms with van der Waals surface area (Å²) < 4.78 is 273. The molecule has 0 heterocycles. The maximum absolute atomic E-state index is 14.0. The van der Waals surface area contributed by atoms with Crippen molar-refractivity contribution in [2.24, 2.45) is 0 Å². The second-order valence-corrected chi connectivity index (χ2v) is 6.97. The van der Waals surface area contributed by atoms with Crippen molar-refractivity contribution in [1.29, 1.82) is 0 Å². The van der Waals surface area contributed by atoms with Crippen LogP contribution in [0.2, 0.25) is 0 Å². The summed E-state index contributed by atoms with van der Waals surface area (Å²) in [4.78, 5) is 0. The summed E-state index contributed by atoms with van der Waals surface area (Å²) in [5, 5.41) is -8.08. The van der Waals surface area contributed by atoms with Gasteiger partial charge >= 0.3 is 63.4 Å². The first-order valence-electron chi connectivity index (χ1n) is 6.47. The van der Waals surface area contributed by atoms with E-state index in [1.54, 1.807) is 0 Å². The molecule has 0 saturated carbocycles. The summed E-state index contributed by atoms with van der Waals surface area (Å²) >= 11 is 0. The number of ether oxygens (including phenoxy) is 1. The molecule has 0 spiro atoms. The molecule has 0 aromatic carbocycles. The fourth-order valence-corrected chi connectivity index (χ4v) is 2.06. The van der Waals surface area contributed by atoms with Crippen molar-refractivity contribution in [1.82, 2.24) is 0 Å². The molecule has 1 unspecified atom stereocenters. The Balaban J connectivity index is 7.54. The lowest BCUT2D eigenvalue weighted by Crippen LogP contribution is -2.77. The Morgan fingerprint density at radius 2 is 0.788 bits per heavy atom. The highest BCUT2D eigenvalue weighted by molar-refractivity contribution is 7.87. The van der Waals surface area contributed by atoms with E-state index in [0.717, 1.165) is 4.74 Å². The predicted octanol–water partition coefficient (Wildman–Crippen LogP) is 5.41. The molecule has 0 fully saturated rings. The molecule has 1 N–H and O–H groups in total. The number of rotatable bonds is 8. The fraction of sp³-hybridized carbons (Fsp3) is 1.00. The van der Waals surface area contributed by atoms with Gasteiger partial charge in [0.1, 0.15) is 0 Å². The normalized spacial score (nSPS) is 18.3. The van der Waals surface area contributed by atoms with E-state index in [1.165, 1.54) is 0 Å². The lowest BCUT2D eigenvalue weighted by molar-refractivity contribution is -0.523. The Labute approximate surface area is 166 Å². The van der Waals surface area contributed by atoms with Crippen molar-refractivity contribution in [2.45, 2.75) is 53.3 Å². The number of hydrogen-bond donors (Lipinski definition) is 1. The van der Waals surface area contributed by atoms with E-state index < -0.39 is 63.4 Å². The number of alkyl halides is 19. The molecule has 200 valence electrons. The summed E-state index contributed by atoms with van der Waals surface area (Å²) in [6, 6.07) is 0. The minimum atomic E-state index is -9.17. The summed E-state index contributed by atoms with van der Waals surface area (Å²) in [6.45, 7) is 0. The molecule has 0 amide bonds. The average molecular weight is 566 g/mol. The standard InChI is InChI=1S/C9HF19O4S/c10-1(11,4(16,17)7(21,22)23)2(12,13)6(20,32-9(26,27)28)3(14,15)5(18,19)8(24,25)33(29,30)31/h(H,29,30,31). The highest BCUT2D eigenvalue weighted by Gasteiger charge is 2.97. The van der Waals surface area contributed by atoms with Gasteiger partial charge in [-0.25, -0.2) is 4.74 Å². The second kappa shape index (κ2) is 7.52. The van der Waals surface area contributed by atoms with Crippen molar-refractivity contribution in [3.8, 4) is 0 Å². The van der Waals surface area contributed by atoms with E-state index in [0.29, 0.717) is 0 Å². The Kier molecular flexibility index (Phi) is 7.18. The van der Waals surface area contributed by atoms with Gasteiger partial charge in [0.25, 0.3) is 0 Å². The SMILES string of the molecule is O=S(=O)(O)C(F)(F)C(F)(F)C(F)(F)C(F)(OC(F)(F)F)C(F)(F)C(F)(F)C(F)(F)C(F)(F)F. The van der Waals surface area contributed by atoms with Crippen LogP contribution >= 0.6 is 0 Å². The van der Waals surface area contributed by atoms with Crippen LogP contribution < -0.4 is 0 Å². The van der Waals surface area contributed by atoms with Crippen LogP contribution in [0.4, 0.5) is 83.4 Å². The van der Waals surface area contributed by atoms with Crippen molar-refractivity contribution in [2.75, 3.05) is 0 Å². The summed E-state index contributed by atoms with van der Waals surface area (Å²) in [6.07, 6.45) is -15.8. The van der Waals surface area contributed by atoms with E-state index in [1.807, 2.05) is 0 Å². The Morgan fingerprint density at radius 1 is 0.485 bits per heavy atom. The third-order valence-corrected chi connectivity index (χ3v) is 4.20. The van der Waals surface area contributed by atoms with Gasteiger partial charge in [-0.2, -0.15) is 78.7 Å². The van der Waals surface area contributed by atoms with Crippen molar-refractivity contribution < 1.29 is 101 Å². The molecular formula is C9HF19O4S. The first-order valence-corrected chi connectivity index (χ1v) is 7.91. The minimum absolute atomic E-state index is 0.906. The molecule has 1 atom stereocenters. The van der Waals surface area contributed by atoms with E-state index in [-0.39, 0.29) is 0 Å². The highest BCUT2D eigenvalue weighted by atomic mass is 32.2. The maximum atomic E-state index is 14.0. The van der Waals surface area contributed by atoms with Gasteiger partial charge in [0.05, 0.1) is 0 Å². The molecule has 0 saturated heterocycles. The van der Waals surface area contributed by atoms with Crippen LogP contribution in [-0.4, -0.2) is 66.2 Å². The molecule has 4 nitrogen and oxygen atoms in total. The lowest BCUT2D eigenvalue weighted by Gasteiger charge is -2.45. The van der Waals surface area contributed by atoms with Crippen LogP contribution in [0.5, 0.6) is 0 Å². The van der Waals surface area contributed by atoms with E-state index >= 15 is 0 Å². The minimum Gasteiger partial charge on any atom is -0.281 e. The van der Waals surface area contributed by atoms with Crippen LogP contribution in [0.25, 0.3) is 0 Å². The fourth-order valence-electron chi connectivity index (χ4n) is 1.61. The quantitative estimate of drug-likeness (QED) is 0.316. The van der Waals surface area contributed by atoms with Crippen LogP contribution in [-0.2, 0) is 14.9 Å². The van der Waals surface area contributed by atoms with Crippen LogP contribution in [0.1, 0.15) is 0 Å². The third kappa shape index (κ3) is 4.25. The number of halogens is 19. The van der Waals surface area contributed by atoms with Gasteiger partial charge < -0.3 is 0 Å². The molecule has 0 rings (SSSR count). The van der Waals surface area contributed by atoms with Crippen LogP contribution in [0.3, 0.4) is 0 Å². The predicted molar refractivity (Wildman–Crippen MR) is 58.3 cm³/mol. The first kappa shape index (κ1) is 31.5. The molecule has 0 aliphatic rings. The highest BCUT2D eigenvalue weighted by Crippen LogP contribution is 2.65. The summed E-state index contributed by atoms with van der Waals surface area (Å²) in [5.74, 6) is -53.5. The molecule has 0 bridgehead atoms. The maximum Gasteiger partial charge on any atom is 0.525 e. The van der Waals surface area contributed by atoms with Gasteiger partial charge in [-0.05, 0) is 0 Å². The Hall–Kier alpha value is -1.46. The molecule has 0 radical (unpaired) electrons. The molecule has 0 aromatic heterocycles. The molecule has 33 heavy (non-hydrogen) atoms. The first-order chi connectivity index (χ1) is 13.7. The second-order valence-electron chi connectivity index (χ2n) is 5.50. The summed E-state index contributed by atoms with van der Waals surface area (Å²) in [5.41, 5.74) is 0. The molecule has 0 aromatic rings. The van der Waals surface area contributed by atoms with Crippen molar-refractivity contribution >= 4 is 10.1 Å². The van der Waals surface area contributed by atoms with Gasteiger partial charge in [-0.15, -0.1) is 13.2 Å². The molecule has 24 heteroatoms. The van der Waals surface area contributed by atoms with Gasteiger partial charge in [0.15, 0.2) is 0 Å². The zero-order valence-corrected chi connectivity index (χ0v) is 14.6. The zero-order valence-electron chi connectivity index (χ0n) is 13.8. The average Bonchev–Trinajstić information content (AvgIpc) is 2.49. The molecule has 0 aliphatic carbocycles. The lowest BCUT2D eigenvalue weighted by atomic mass is 9.89. The van der Waals surface area contributed by atoms with E-state index in [9.17, 15) is 91.8 Å². The van der Waals surface area contributed by atoms with Crippen molar-refractivity contribution in [3.63, 3.8) is 0 Å². The Bertz CT molecular complexity index is 838. The van der Waals surface area contributed by atoms with E-state index in [4.69, 9.17) is 4.55 Å². The molecule has 0 aliphatic heterocycles. The van der Waals surface area contributed by atoms with Crippen LogP contribution in [0, 0.1) is 0 Å². The largest absolute Gasteiger partial charge is 0.525 e. The van der Waals surface area contributed by atoms with Gasteiger partial charge in [0.2, 0.25) is 0 Å². The smallest absolute Gasteiger partial charge is 0.281 e. The zero-order chi connectivity index (χ0) is 27.7. The van der Waals surface area contributed by atoms with Crippen LogP contribution in [0.15, 0.2) is 0 Å². The van der Waals surface area contributed by atoms with Gasteiger partial charge in [-0.1, -0.05) is 0 Å². The number of hydrogen-bond acceptors (Lipinski definition) is 3. The van der Waals surface area contributed by atoms with Gasteiger partial charge in [-0.3, -0.25) is 4.55 Å². The third-order valence-electron chi connectivity index (χ3n) is 3.29. The monoisotopic (exact) mass is 566 g/mol.